The number of amides is 2. The summed E-state index contributed by atoms with van der Waals surface area (Å²) in [6, 6.07) is 5.16. The van der Waals surface area contributed by atoms with Gasteiger partial charge in [0.1, 0.15) is 11.4 Å². The summed E-state index contributed by atoms with van der Waals surface area (Å²) in [4.78, 5) is 33.7. The van der Waals surface area contributed by atoms with Crippen molar-refractivity contribution in [2.24, 2.45) is 5.73 Å². The van der Waals surface area contributed by atoms with Crippen molar-refractivity contribution in [1.82, 2.24) is 19.6 Å². The Morgan fingerprint density at radius 3 is 2.73 bits per heavy atom. The highest BCUT2D eigenvalue weighted by Crippen LogP contribution is 2.23. The van der Waals surface area contributed by atoms with Crippen LogP contribution in [0.5, 0.6) is 0 Å². The SMILES string of the molecule is Cc1ccc(Cc2cnc(NC(=O)CCc3c(C)nc4c(C(N)=O)cnn4c3C)s2)cc1F. The molecule has 170 valence electrons. The fourth-order valence-corrected chi connectivity index (χ4v) is 4.52. The molecule has 0 unspecified atom stereocenters. The Balaban J connectivity index is 1.40. The van der Waals surface area contributed by atoms with E-state index in [1.165, 1.54) is 23.6 Å². The number of nitrogens with zero attached hydrogens (tertiary/aromatic N) is 4. The van der Waals surface area contributed by atoms with Crippen LogP contribution in [0.1, 0.15) is 49.7 Å². The van der Waals surface area contributed by atoms with Gasteiger partial charge in [-0.15, -0.1) is 11.3 Å². The lowest BCUT2D eigenvalue weighted by Gasteiger charge is -2.11. The lowest BCUT2D eigenvalue weighted by atomic mass is 10.1. The first-order valence-electron chi connectivity index (χ1n) is 10.4. The number of carbonyl (C=O) groups excluding carboxylic acids is 2. The second kappa shape index (κ2) is 9.07. The molecule has 1 aromatic carbocycles. The van der Waals surface area contributed by atoms with Crippen LogP contribution in [0.2, 0.25) is 0 Å². The van der Waals surface area contributed by atoms with Gasteiger partial charge in [0.25, 0.3) is 5.91 Å². The van der Waals surface area contributed by atoms with E-state index >= 15 is 0 Å². The summed E-state index contributed by atoms with van der Waals surface area (Å²) in [5, 5.41) is 7.53. The Kier molecular flexibility index (Phi) is 6.19. The van der Waals surface area contributed by atoms with Gasteiger partial charge in [0, 0.05) is 35.3 Å². The largest absolute Gasteiger partial charge is 0.365 e. The zero-order chi connectivity index (χ0) is 23.7. The molecule has 2 amide bonds. The minimum atomic E-state index is -0.584. The van der Waals surface area contributed by atoms with E-state index in [0.717, 1.165) is 27.4 Å². The van der Waals surface area contributed by atoms with Crippen molar-refractivity contribution in [1.29, 1.82) is 0 Å². The number of rotatable bonds is 7. The Hall–Kier alpha value is -3.66. The van der Waals surface area contributed by atoms with Gasteiger partial charge in [-0.1, -0.05) is 12.1 Å². The van der Waals surface area contributed by atoms with Crippen LogP contribution in [0.3, 0.4) is 0 Å². The van der Waals surface area contributed by atoms with Gasteiger partial charge in [0.05, 0.1) is 6.20 Å². The summed E-state index contributed by atoms with van der Waals surface area (Å²) in [7, 11) is 0. The monoisotopic (exact) mass is 466 g/mol. The standard InChI is InChI=1S/C23H23FN6O2S/c1-12-4-5-15(9-19(12)24)8-16-10-26-23(33-16)29-20(31)7-6-17-13(2)28-22-18(21(25)32)11-27-30(22)14(17)3/h4-5,9-11H,6-8H2,1-3H3,(H2,25,32)(H,26,29,31). The molecule has 0 saturated carbocycles. The van der Waals surface area contributed by atoms with Crippen LogP contribution in [0.25, 0.3) is 5.65 Å². The van der Waals surface area contributed by atoms with Crippen LogP contribution >= 0.6 is 11.3 Å². The number of carbonyl (C=O) groups is 2. The Bertz CT molecular complexity index is 1380. The molecule has 0 spiro atoms. The summed E-state index contributed by atoms with van der Waals surface area (Å²) in [6.07, 6.45) is 4.33. The predicted molar refractivity (Wildman–Crippen MR) is 124 cm³/mol. The molecule has 0 aliphatic heterocycles. The molecule has 4 rings (SSSR count). The number of aromatic nitrogens is 4. The Morgan fingerprint density at radius 1 is 1.21 bits per heavy atom. The molecule has 3 heterocycles. The Morgan fingerprint density at radius 2 is 2.00 bits per heavy atom. The molecule has 3 N–H and O–H groups in total. The lowest BCUT2D eigenvalue weighted by molar-refractivity contribution is -0.116. The highest BCUT2D eigenvalue weighted by atomic mass is 32.1. The van der Waals surface area contributed by atoms with Crippen LogP contribution in [-0.4, -0.2) is 31.4 Å². The lowest BCUT2D eigenvalue weighted by Crippen LogP contribution is -2.15. The molecule has 8 nitrogen and oxygen atoms in total. The topological polar surface area (TPSA) is 115 Å². The average Bonchev–Trinajstić information content (AvgIpc) is 3.37. The van der Waals surface area contributed by atoms with Crippen molar-refractivity contribution in [2.45, 2.75) is 40.0 Å². The number of hydrogen-bond donors (Lipinski definition) is 2. The summed E-state index contributed by atoms with van der Waals surface area (Å²) in [5.74, 6) is -0.988. The van der Waals surface area contributed by atoms with Gasteiger partial charge >= 0.3 is 0 Å². The van der Waals surface area contributed by atoms with E-state index in [2.05, 4.69) is 20.4 Å². The summed E-state index contributed by atoms with van der Waals surface area (Å²) >= 11 is 1.37. The number of hydrogen-bond acceptors (Lipinski definition) is 6. The second-order valence-electron chi connectivity index (χ2n) is 7.86. The fraction of sp³-hybridized carbons (Fsp3) is 0.261. The maximum Gasteiger partial charge on any atom is 0.254 e. The third-order valence-electron chi connectivity index (χ3n) is 5.49. The van der Waals surface area contributed by atoms with Crippen LogP contribution in [0, 0.1) is 26.6 Å². The van der Waals surface area contributed by atoms with Gasteiger partial charge < -0.3 is 11.1 Å². The first-order chi connectivity index (χ1) is 15.7. The Labute approximate surface area is 193 Å². The average molecular weight is 467 g/mol. The second-order valence-corrected chi connectivity index (χ2v) is 8.97. The molecule has 3 aromatic heterocycles. The van der Waals surface area contributed by atoms with Crippen molar-refractivity contribution in [3.63, 3.8) is 0 Å². The van der Waals surface area contributed by atoms with E-state index in [1.807, 2.05) is 19.9 Å². The normalized spacial score (nSPS) is 11.2. The summed E-state index contributed by atoms with van der Waals surface area (Å²) in [6.45, 7) is 5.43. The van der Waals surface area contributed by atoms with E-state index < -0.39 is 5.91 Å². The van der Waals surface area contributed by atoms with Gasteiger partial charge in [0.2, 0.25) is 5.91 Å². The van der Waals surface area contributed by atoms with E-state index in [0.29, 0.717) is 29.2 Å². The first-order valence-corrected chi connectivity index (χ1v) is 11.2. The molecule has 0 radical (unpaired) electrons. The molecule has 4 aromatic rings. The number of aryl methyl sites for hydroxylation is 3. The maximum atomic E-state index is 13.8. The molecule has 0 aliphatic carbocycles. The van der Waals surface area contributed by atoms with Gasteiger partial charge in [-0.05, 0) is 49.9 Å². The number of fused-ring (bicyclic) bond motifs is 1. The molecular formula is C23H23FN6O2S. The number of thiazole rings is 1. The van der Waals surface area contributed by atoms with Crippen molar-refractivity contribution >= 4 is 33.9 Å². The molecular weight excluding hydrogens is 443 g/mol. The van der Waals surface area contributed by atoms with Gasteiger partial charge in [0.15, 0.2) is 10.8 Å². The molecule has 33 heavy (non-hydrogen) atoms. The fourth-order valence-electron chi connectivity index (χ4n) is 3.66. The number of benzene rings is 1. The predicted octanol–water partition coefficient (Wildman–Crippen LogP) is 3.51. The van der Waals surface area contributed by atoms with E-state index in [9.17, 15) is 14.0 Å². The molecule has 0 bridgehead atoms. The van der Waals surface area contributed by atoms with E-state index in [-0.39, 0.29) is 23.7 Å². The van der Waals surface area contributed by atoms with Crippen molar-refractivity contribution in [3.8, 4) is 0 Å². The van der Waals surface area contributed by atoms with Crippen molar-refractivity contribution < 1.29 is 14.0 Å². The molecule has 0 fully saturated rings. The molecule has 0 saturated heterocycles. The number of nitrogens with two attached hydrogens (primary N) is 1. The summed E-state index contributed by atoms with van der Waals surface area (Å²) in [5.41, 5.74) is 9.93. The van der Waals surface area contributed by atoms with Crippen molar-refractivity contribution in [3.05, 3.63) is 74.9 Å². The molecule has 0 atom stereocenters. The van der Waals surface area contributed by atoms with Crippen molar-refractivity contribution in [2.75, 3.05) is 5.32 Å². The van der Waals surface area contributed by atoms with Gasteiger partial charge in [-0.3, -0.25) is 9.59 Å². The van der Waals surface area contributed by atoms with Gasteiger partial charge in [-0.25, -0.2) is 18.9 Å². The number of primary amides is 1. The minimum absolute atomic E-state index is 0.172. The number of halogens is 1. The maximum absolute atomic E-state index is 13.8. The third kappa shape index (κ3) is 4.75. The zero-order valence-electron chi connectivity index (χ0n) is 18.5. The third-order valence-corrected chi connectivity index (χ3v) is 6.40. The van der Waals surface area contributed by atoms with Crippen LogP contribution in [0.15, 0.2) is 30.6 Å². The first kappa shape index (κ1) is 22.5. The highest BCUT2D eigenvalue weighted by molar-refractivity contribution is 7.15. The highest BCUT2D eigenvalue weighted by Gasteiger charge is 2.17. The van der Waals surface area contributed by atoms with E-state index in [1.54, 1.807) is 23.7 Å². The van der Waals surface area contributed by atoms with E-state index in [4.69, 9.17) is 5.73 Å². The minimum Gasteiger partial charge on any atom is -0.365 e. The summed E-state index contributed by atoms with van der Waals surface area (Å²) < 4.78 is 15.3. The van der Waals surface area contributed by atoms with Crippen LogP contribution < -0.4 is 11.1 Å². The smallest absolute Gasteiger partial charge is 0.254 e. The van der Waals surface area contributed by atoms with Gasteiger partial charge in [-0.2, -0.15) is 5.10 Å². The number of anilines is 1. The van der Waals surface area contributed by atoms with Crippen LogP contribution in [0.4, 0.5) is 9.52 Å². The quantitative estimate of drug-likeness (QED) is 0.432. The van der Waals surface area contributed by atoms with Crippen LogP contribution in [-0.2, 0) is 17.6 Å². The number of nitrogens with one attached hydrogen (secondary N) is 1. The molecule has 10 heteroatoms. The zero-order valence-corrected chi connectivity index (χ0v) is 19.3. The molecule has 0 aliphatic rings.